The van der Waals surface area contributed by atoms with Crippen LogP contribution in [0, 0.1) is 5.41 Å². The van der Waals surface area contributed by atoms with Crippen LogP contribution in [0.2, 0.25) is 0 Å². The van der Waals surface area contributed by atoms with E-state index < -0.39 is 15.3 Å². The van der Waals surface area contributed by atoms with E-state index in [9.17, 15) is 13.2 Å². The zero-order chi connectivity index (χ0) is 12.4. The average Bonchev–Trinajstić information content (AvgIpc) is 2.90. The van der Waals surface area contributed by atoms with Crippen molar-refractivity contribution in [2.75, 3.05) is 18.6 Å². The lowest BCUT2D eigenvalue weighted by Crippen LogP contribution is -2.40. The Kier molecular flexibility index (Phi) is 3.90. The SMILES string of the molecule is CS(=O)(=O)CCCNC(=O)C1(C(N)=S)CC1. The van der Waals surface area contributed by atoms with Crippen LogP contribution in [0.5, 0.6) is 0 Å². The second-order valence-corrected chi connectivity index (χ2v) is 6.89. The molecule has 0 saturated heterocycles. The number of hydrogen-bond acceptors (Lipinski definition) is 4. The molecule has 0 aromatic rings. The van der Waals surface area contributed by atoms with Crippen molar-refractivity contribution in [2.24, 2.45) is 11.1 Å². The van der Waals surface area contributed by atoms with Gasteiger partial charge in [-0.1, -0.05) is 12.2 Å². The van der Waals surface area contributed by atoms with Crippen molar-refractivity contribution < 1.29 is 13.2 Å². The van der Waals surface area contributed by atoms with Crippen LogP contribution in [0.15, 0.2) is 0 Å². The molecule has 1 fully saturated rings. The standard InChI is InChI=1S/C9H16N2O3S2/c1-16(13,14)6-2-5-11-8(12)9(3-4-9)7(10)15/h2-6H2,1H3,(H2,10,15)(H,11,12). The van der Waals surface area contributed by atoms with E-state index in [0.29, 0.717) is 25.8 Å². The molecular formula is C9H16N2O3S2. The minimum atomic E-state index is -2.96. The lowest BCUT2D eigenvalue weighted by atomic mass is 10.1. The summed E-state index contributed by atoms with van der Waals surface area (Å²) < 4.78 is 21.7. The van der Waals surface area contributed by atoms with Crippen molar-refractivity contribution in [1.82, 2.24) is 5.32 Å². The summed E-state index contributed by atoms with van der Waals surface area (Å²) in [5, 5.41) is 2.67. The first kappa shape index (κ1) is 13.4. The summed E-state index contributed by atoms with van der Waals surface area (Å²) in [6.07, 6.45) is 2.98. The van der Waals surface area contributed by atoms with Gasteiger partial charge in [0.05, 0.1) is 16.2 Å². The first-order valence-corrected chi connectivity index (χ1v) is 7.51. The number of amides is 1. The number of hydrogen-bond donors (Lipinski definition) is 2. The zero-order valence-electron chi connectivity index (χ0n) is 9.15. The van der Waals surface area contributed by atoms with Crippen LogP contribution in [-0.4, -0.2) is 37.9 Å². The van der Waals surface area contributed by atoms with Crippen molar-refractivity contribution in [1.29, 1.82) is 0 Å². The Morgan fingerprint density at radius 3 is 2.44 bits per heavy atom. The van der Waals surface area contributed by atoms with Gasteiger partial charge in [0.2, 0.25) is 5.91 Å². The van der Waals surface area contributed by atoms with Gasteiger partial charge in [0, 0.05) is 12.8 Å². The number of rotatable bonds is 6. The van der Waals surface area contributed by atoms with Gasteiger partial charge in [-0.3, -0.25) is 4.79 Å². The fourth-order valence-electron chi connectivity index (χ4n) is 1.42. The molecule has 0 bridgehead atoms. The molecule has 0 unspecified atom stereocenters. The molecule has 0 aromatic carbocycles. The second-order valence-electron chi connectivity index (χ2n) is 4.19. The van der Waals surface area contributed by atoms with Gasteiger partial charge in [0.1, 0.15) is 9.84 Å². The normalized spacial score (nSPS) is 17.8. The Bertz CT molecular complexity index is 399. The number of thiocarbonyl (C=S) groups is 1. The Balaban J connectivity index is 2.29. The fraction of sp³-hybridized carbons (Fsp3) is 0.778. The maximum atomic E-state index is 11.7. The summed E-state index contributed by atoms with van der Waals surface area (Å²) in [5.74, 6) is -0.0959. The highest BCUT2D eigenvalue weighted by Crippen LogP contribution is 2.46. The molecule has 7 heteroatoms. The van der Waals surface area contributed by atoms with Crippen LogP contribution >= 0.6 is 12.2 Å². The van der Waals surface area contributed by atoms with Crippen molar-refractivity contribution in [2.45, 2.75) is 19.3 Å². The third-order valence-corrected chi connectivity index (χ3v) is 4.05. The lowest BCUT2D eigenvalue weighted by molar-refractivity contribution is -0.123. The number of nitrogens with one attached hydrogen (secondary N) is 1. The van der Waals surface area contributed by atoms with E-state index in [2.05, 4.69) is 5.32 Å². The van der Waals surface area contributed by atoms with Gasteiger partial charge in [-0.05, 0) is 19.3 Å². The molecule has 0 aliphatic heterocycles. The summed E-state index contributed by atoms with van der Waals surface area (Å²) in [5.41, 5.74) is 4.83. The Morgan fingerprint density at radius 2 is 2.06 bits per heavy atom. The maximum absolute atomic E-state index is 11.7. The van der Waals surface area contributed by atoms with Crippen LogP contribution in [0.3, 0.4) is 0 Å². The van der Waals surface area contributed by atoms with Gasteiger partial charge in [0.25, 0.3) is 0 Å². The summed E-state index contributed by atoms with van der Waals surface area (Å²) in [4.78, 5) is 11.9. The molecule has 16 heavy (non-hydrogen) atoms. The van der Waals surface area contributed by atoms with Crippen LogP contribution in [0.4, 0.5) is 0 Å². The molecule has 0 spiro atoms. The number of carbonyl (C=O) groups excluding carboxylic acids is 1. The Labute approximate surface area is 101 Å². The number of nitrogens with two attached hydrogens (primary N) is 1. The van der Waals surface area contributed by atoms with E-state index >= 15 is 0 Å². The van der Waals surface area contributed by atoms with E-state index in [4.69, 9.17) is 18.0 Å². The smallest absolute Gasteiger partial charge is 0.233 e. The van der Waals surface area contributed by atoms with Crippen LogP contribution in [0.1, 0.15) is 19.3 Å². The molecule has 5 nitrogen and oxygen atoms in total. The molecule has 1 aliphatic carbocycles. The number of sulfone groups is 1. The first-order chi connectivity index (χ1) is 7.28. The molecule has 1 saturated carbocycles. The van der Waals surface area contributed by atoms with Crippen molar-refractivity contribution >= 4 is 33.0 Å². The van der Waals surface area contributed by atoms with E-state index in [1.54, 1.807) is 0 Å². The quantitative estimate of drug-likeness (QED) is 0.503. The van der Waals surface area contributed by atoms with Crippen LogP contribution in [-0.2, 0) is 14.6 Å². The topological polar surface area (TPSA) is 89.3 Å². The highest BCUT2D eigenvalue weighted by atomic mass is 32.2. The molecule has 3 N–H and O–H groups in total. The van der Waals surface area contributed by atoms with Gasteiger partial charge in [-0.2, -0.15) is 0 Å². The van der Waals surface area contributed by atoms with Crippen molar-refractivity contribution in [3.63, 3.8) is 0 Å². The van der Waals surface area contributed by atoms with Gasteiger partial charge < -0.3 is 11.1 Å². The van der Waals surface area contributed by atoms with Gasteiger partial charge in [0.15, 0.2) is 0 Å². The van der Waals surface area contributed by atoms with Crippen LogP contribution < -0.4 is 11.1 Å². The third kappa shape index (κ3) is 3.41. The molecule has 0 heterocycles. The maximum Gasteiger partial charge on any atom is 0.233 e. The summed E-state index contributed by atoms with van der Waals surface area (Å²) in [6.45, 7) is 0.344. The molecule has 0 aromatic heterocycles. The molecular weight excluding hydrogens is 248 g/mol. The van der Waals surface area contributed by atoms with E-state index in [0.717, 1.165) is 0 Å². The fourth-order valence-corrected chi connectivity index (χ4v) is 2.38. The number of carbonyl (C=O) groups is 1. The predicted octanol–water partition coefficient (Wildman–Crippen LogP) is -0.396. The molecule has 1 aliphatic rings. The van der Waals surface area contributed by atoms with Crippen molar-refractivity contribution in [3.8, 4) is 0 Å². The van der Waals surface area contributed by atoms with Gasteiger partial charge in [-0.25, -0.2) is 8.42 Å². The zero-order valence-corrected chi connectivity index (χ0v) is 10.8. The highest BCUT2D eigenvalue weighted by Gasteiger charge is 2.52. The monoisotopic (exact) mass is 264 g/mol. The second kappa shape index (κ2) is 4.67. The average molecular weight is 264 g/mol. The predicted molar refractivity (Wildman–Crippen MR) is 65.8 cm³/mol. The van der Waals surface area contributed by atoms with E-state index in [-0.39, 0.29) is 16.6 Å². The Hall–Kier alpha value is -0.690. The largest absolute Gasteiger partial charge is 0.392 e. The summed E-state index contributed by atoms with van der Waals surface area (Å²) in [7, 11) is -2.96. The van der Waals surface area contributed by atoms with Crippen LogP contribution in [0.25, 0.3) is 0 Å². The molecule has 0 radical (unpaired) electrons. The minimum Gasteiger partial charge on any atom is -0.392 e. The minimum absolute atomic E-state index is 0.0767. The molecule has 92 valence electrons. The summed E-state index contributed by atoms with van der Waals surface area (Å²) >= 11 is 4.83. The molecule has 1 rings (SSSR count). The highest BCUT2D eigenvalue weighted by molar-refractivity contribution is 7.90. The van der Waals surface area contributed by atoms with Crippen molar-refractivity contribution in [3.05, 3.63) is 0 Å². The van der Waals surface area contributed by atoms with Gasteiger partial charge in [-0.15, -0.1) is 0 Å². The third-order valence-electron chi connectivity index (χ3n) is 2.63. The Morgan fingerprint density at radius 1 is 1.50 bits per heavy atom. The molecule has 1 amide bonds. The first-order valence-electron chi connectivity index (χ1n) is 5.04. The van der Waals surface area contributed by atoms with E-state index in [1.165, 1.54) is 6.26 Å². The molecule has 0 atom stereocenters. The lowest BCUT2D eigenvalue weighted by Gasteiger charge is -2.13. The van der Waals surface area contributed by atoms with E-state index in [1.807, 2.05) is 0 Å². The summed E-state index contributed by atoms with van der Waals surface area (Å²) in [6, 6.07) is 0. The van der Waals surface area contributed by atoms with Gasteiger partial charge >= 0.3 is 0 Å².